The summed E-state index contributed by atoms with van der Waals surface area (Å²) in [5.41, 5.74) is 1.31. The van der Waals surface area contributed by atoms with E-state index in [4.69, 9.17) is 4.74 Å². The average Bonchev–Trinajstić information content (AvgIpc) is 3.57. The number of sulfonamides is 1. The maximum Gasteiger partial charge on any atom is 0.335 e. The quantitative estimate of drug-likeness (QED) is 0.315. The summed E-state index contributed by atoms with van der Waals surface area (Å²) in [5, 5.41) is 10.7. The summed E-state index contributed by atoms with van der Waals surface area (Å²) in [4.78, 5) is 17.3. The Hall–Kier alpha value is -3.04. The molecule has 9 heteroatoms. The zero-order valence-electron chi connectivity index (χ0n) is 21.0. The van der Waals surface area contributed by atoms with Crippen LogP contribution < -0.4 is 9.64 Å². The molecule has 2 N–H and O–H groups in total. The standard InChI is InChI=1S/C27H35N3O5S/c1-3-5-14-29(15-6-4-2)23-18-20(27(31)32)19-25(36(33,34)30-16-7-8-17-30)26(23)35-24-11-9-10-22-21(24)12-13-28-22/h9-13,18-19,28H,3-8,14-17H2,1-2H3,(H,31,32). The number of unbranched alkanes of at least 4 members (excludes halogenated alkanes) is 2. The van der Waals surface area contributed by atoms with Gasteiger partial charge in [0.25, 0.3) is 0 Å². The van der Waals surface area contributed by atoms with Crippen molar-refractivity contribution in [1.29, 1.82) is 0 Å². The van der Waals surface area contributed by atoms with Crippen molar-refractivity contribution in [2.75, 3.05) is 31.1 Å². The Balaban J connectivity index is 1.95. The van der Waals surface area contributed by atoms with Crippen molar-refractivity contribution in [3.05, 3.63) is 48.2 Å². The van der Waals surface area contributed by atoms with Crippen molar-refractivity contribution in [1.82, 2.24) is 9.29 Å². The van der Waals surface area contributed by atoms with Gasteiger partial charge >= 0.3 is 5.97 Å². The summed E-state index contributed by atoms with van der Waals surface area (Å²) in [6.07, 6.45) is 7.07. The van der Waals surface area contributed by atoms with Crippen LogP contribution in [0, 0.1) is 0 Å². The summed E-state index contributed by atoms with van der Waals surface area (Å²) >= 11 is 0. The minimum absolute atomic E-state index is 0.0621. The number of aromatic nitrogens is 1. The highest BCUT2D eigenvalue weighted by atomic mass is 32.2. The van der Waals surface area contributed by atoms with E-state index in [2.05, 4.69) is 23.7 Å². The van der Waals surface area contributed by atoms with Crippen LogP contribution in [0.3, 0.4) is 0 Å². The third-order valence-electron chi connectivity index (χ3n) is 6.64. The molecule has 2 heterocycles. The highest BCUT2D eigenvalue weighted by Gasteiger charge is 2.34. The van der Waals surface area contributed by atoms with Gasteiger partial charge in [-0.2, -0.15) is 4.31 Å². The van der Waals surface area contributed by atoms with Gasteiger partial charge < -0.3 is 19.7 Å². The molecule has 3 aromatic rings. The van der Waals surface area contributed by atoms with Crippen molar-refractivity contribution >= 4 is 32.6 Å². The monoisotopic (exact) mass is 513 g/mol. The number of aromatic amines is 1. The van der Waals surface area contributed by atoms with E-state index < -0.39 is 16.0 Å². The molecule has 194 valence electrons. The fourth-order valence-electron chi connectivity index (χ4n) is 4.61. The number of nitrogens with zero attached hydrogens (tertiary/aromatic N) is 2. The third-order valence-corrected chi connectivity index (χ3v) is 8.54. The lowest BCUT2D eigenvalue weighted by molar-refractivity contribution is 0.0696. The second-order valence-corrected chi connectivity index (χ2v) is 11.1. The molecule has 0 saturated carbocycles. The molecule has 0 radical (unpaired) electrons. The highest BCUT2D eigenvalue weighted by molar-refractivity contribution is 7.89. The average molecular weight is 514 g/mol. The topological polar surface area (TPSA) is 103 Å². The first-order valence-corrected chi connectivity index (χ1v) is 14.2. The van der Waals surface area contributed by atoms with Crippen LogP contribution in [-0.2, 0) is 10.0 Å². The molecule has 0 aliphatic carbocycles. The first-order valence-electron chi connectivity index (χ1n) is 12.8. The van der Waals surface area contributed by atoms with Crippen LogP contribution in [0.4, 0.5) is 5.69 Å². The molecule has 1 aliphatic rings. The number of benzene rings is 2. The van der Waals surface area contributed by atoms with Crippen molar-refractivity contribution < 1.29 is 23.1 Å². The molecular weight excluding hydrogens is 478 g/mol. The molecule has 1 aliphatic heterocycles. The zero-order valence-corrected chi connectivity index (χ0v) is 21.8. The molecule has 0 unspecified atom stereocenters. The van der Waals surface area contributed by atoms with E-state index in [9.17, 15) is 18.3 Å². The van der Waals surface area contributed by atoms with Crippen LogP contribution >= 0.6 is 0 Å². The number of nitrogens with one attached hydrogen (secondary N) is 1. The van der Waals surface area contributed by atoms with Crippen molar-refractivity contribution in [3.8, 4) is 11.5 Å². The molecule has 4 rings (SSSR count). The molecule has 0 spiro atoms. The number of carbonyl (C=O) groups is 1. The molecular formula is C27H35N3O5S. The van der Waals surface area contributed by atoms with E-state index in [-0.39, 0.29) is 16.2 Å². The van der Waals surface area contributed by atoms with Gasteiger partial charge in [-0.05, 0) is 56.0 Å². The Morgan fingerprint density at radius 3 is 2.42 bits per heavy atom. The van der Waals surface area contributed by atoms with E-state index >= 15 is 0 Å². The Morgan fingerprint density at radius 2 is 1.78 bits per heavy atom. The number of carboxylic acid groups (broad SMARTS) is 1. The van der Waals surface area contributed by atoms with Crippen molar-refractivity contribution in [2.24, 2.45) is 0 Å². The predicted octanol–water partition coefficient (Wildman–Crippen LogP) is 5.85. The van der Waals surface area contributed by atoms with Gasteiger partial charge in [-0.1, -0.05) is 32.8 Å². The molecule has 1 aromatic heterocycles. The van der Waals surface area contributed by atoms with Crippen LogP contribution in [0.25, 0.3) is 10.9 Å². The fourth-order valence-corrected chi connectivity index (χ4v) is 6.29. The third kappa shape index (κ3) is 5.37. The van der Waals surface area contributed by atoms with Crippen LogP contribution in [-0.4, -0.2) is 55.0 Å². The summed E-state index contributed by atoms with van der Waals surface area (Å²) in [5.74, 6) is -0.464. The number of H-pyrrole nitrogens is 1. The maximum atomic E-state index is 13.9. The van der Waals surface area contributed by atoms with Gasteiger partial charge in [-0.25, -0.2) is 13.2 Å². The number of carboxylic acids is 1. The molecule has 1 fully saturated rings. The first kappa shape index (κ1) is 26.0. The number of ether oxygens (including phenoxy) is 1. The molecule has 1 saturated heterocycles. The molecule has 2 aromatic carbocycles. The van der Waals surface area contributed by atoms with E-state index in [1.165, 1.54) is 10.4 Å². The van der Waals surface area contributed by atoms with Gasteiger partial charge in [-0.15, -0.1) is 0 Å². The van der Waals surface area contributed by atoms with E-state index in [1.54, 1.807) is 12.1 Å². The fraction of sp³-hybridized carbons (Fsp3) is 0.444. The number of hydrogen-bond acceptors (Lipinski definition) is 5. The molecule has 36 heavy (non-hydrogen) atoms. The SMILES string of the molecule is CCCCN(CCCC)c1cc(C(=O)O)cc(S(=O)(=O)N2CCCC2)c1Oc1cccc2[nH]ccc12. The van der Waals surface area contributed by atoms with Crippen LogP contribution in [0.2, 0.25) is 0 Å². The summed E-state index contributed by atoms with van der Waals surface area (Å²) in [6, 6.07) is 10.3. The first-order chi connectivity index (χ1) is 17.4. The lowest BCUT2D eigenvalue weighted by atomic mass is 10.1. The zero-order chi connectivity index (χ0) is 25.7. The lowest BCUT2D eigenvalue weighted by Gasteiger charge is -2.29. The predicted molar refractivity (Wildman–Crippen MR) is 142 cm³/mol. The number of fused-ring (bicyclic) bond motifs is 1. The Labute approximate surface area is 212 Å². The maximum absolute atomic E-state index is 13.9. The van der Waals surface area contributed by atoms with Crippen LogP contribution in [0.15, 0.2) is 47.5 Å². The Bertz CT molecular complexity index is 1300. The molecule has 0 atom stereocenters. The highest BCUT2D eigenvalue weighted by Crippen LogP contribution is 2.43. The van der Waals surface area contributed by atoms with E-state index in [0.29, 0.717) is 37.6 Å². The van der Waals surface area contributed by atoms with E-state index in [0.717, 1.165) is 49.4 Å². The Kier molecular flexibility index (Phi) is 8.21. The molecule has 0 amide bonds. The largest absolute Gasteiger partial charge is 0.478 e. The van der Waals surface area contributed by atoms with Gasteiger partial charge in [0, 0.05) is 43.3 Å². The van der Waals surface area contributed by atoms with Gasteiger partial charge in [0.15, 0.2) is 5.75 Å². The normalized spacial score (nSPS) is 14.4. The molecule has 0 bridgehead atoms. The van der Waals surface area contributed by atoms with Gasteiger partial charge in [0.05, 0.1) is 11.3 Å². The second kappa shape index (κ2) is 11.3. The van der Waals surface area contributed by atoms with Crippen LogP contribution in [0.1, 0.15) is 62.7 Å². The minimum atomic E-state index is -3.97. The summed E-state index contributed by atoms with van der Waals surface area (Å²) in [6.45, 7) is 6.37. The molecule has 8 nitrogen and oxygen atoms in total. The van der Waals surface area contributed by atoms with Gasteiger partial charge in [0.1, 0.15) is 10.6 Å². The lowest BCUT2D eigenvalue weighted by Crippen LogP contribution is -2.30. The number of hydrogen-bond donors (Lipinski definition) is 2. The second-order valence-electron chi connectivity index (χ2n) is 9.23. The van der Waals surface area contributed by atoms with Gasteiger partial charge in [-0.3, -0.25) is 0 Å². The van der Waals surface area contributed by atoms with E-state index in [1.807, 2.05) is 24.4 Å². The summed E-state index contributed by atoms with van der Waals surface area (Å²) in [7, 11) is -3.97. The smallest absolute Gasteiger partial charge is 0.335 e. The minimum Gasteiger partial charge on any atom is -0.478 e. The van der Waals surface area contributed by atoms with Crippen molar-refractivity contribution in [3.63, 3.8) is 0 Å². The summed E-state index contributed by atoms with van der Waals surface area (Å²) < 4.78 is 35.6. The number of rotatable bonds is 12. The van der Waals surface area contributed by atoms with Crippen molar-refractivity contribution in [2.45, 2.75) is 57.3 Å². The number of anilines is 1. The van der Waals surface area contributed by atoms with Crippen LogP contribution in [0.5, 0.6) is 11.5 Å². The van der Waals surface area contributed by atoms with Gasteiger partial charge in [0.2, 0.25) is 10.0 Å². The number of aromatic carboxylic acids is 1. The Morgan fingerprint density at radius 1 is 1.08 bits per heavy atom.